The number of nitrogens with zero attached hydrogens (tertiary/aromatic N) is 2. The zero-order chi connectivity index (χ0) is 22.8. The molecule has 8 nitrogen and oxygen atoms in total. The Kier molecular flexibility index (Phi) is 5.94. The van der Waals surface area contributed by atoms with Crippen LogP contribution in [0.1, 0.15) is 47.4 Å². The van der Waals surface area contributed by atoms with E-state index in [9.17, 15) is 9.90 Å². The van der Waals surface area contributed by atoms with E-state index in [0.29, 0.717) is 40.7 Å². The Balaban J connectivity index is 1.94. The van der Waals surface area contributed by atoms with Gasteiger partial charge in [-0.25, -0.2) is 0 Å². The van der Waals surface area contributed by atoms with Gasteiger partial charge in [-0.1, -0.05) is 25.5 Å². The predicted octanol–water partition coefficient (Wildman–Crippen LogP) is 4.15. The third-order valence-electron chi connectivity index (χ3n) is 5.78. The second kappa shape index (κ2) is 8.82. The molecule has 1 atom stereocenters. The van der Waals surface area contributed by atoms with E-state index in [1.165, 1.54) is 0 Å². The number of rotatable bonds is 8. The molecule has 3 aromatic rings. The Hall–Kier alpha value is -3.68. The van der Waals surface area contributed by atoms with Crippen molar-refractivity contribution in [3.8, 4) is 34.3 Å². The summed E-state index contributed by atoms with van der Waals surface area (Å²) < 4.78 is 16.6. The van der Waals surface area contributed by atoms with Crippen molar-refractivity contribution in [2.75, 3.05) is 27.9 Å². The van der Waals surface area contributed by atoms with E-state index >= 15 is 0 Å². The Morgan fingerprint density at radius 2 is 1.78 bits per heavy atom. The number of nitrogens with one attached hydrogen (secondary N) is 1. The number of carbonyl (C=O) groups excluding carboxylic acids is 1. The molecule has 0 bridgehead atoms. The fourth-order valence-electron chi connectivity index (χ4n) is 4.24. The summed E-state index contributed by atoms with van der Waals surface area (Å²) in [4.78, 5) is 15.2. The highest BCUT2D eigenvalue weighted by atomic mass is 16.5. The number of hydrogen-bond donors (Lipinski definition) is 2. The molecule has 2 heterocycles. The van der Waals surface area contributed by atoms with Crippen LogP contribution in [0, 0.1) is 0 Å². The maximum absolute atomic E-state index is 13.4. The second-order valence-corrected chi connectivity index (χ2v) is 7.59. The number of aromatic hydroxyl groups is 1. The lowest BCUT2D eigenvalue weighted by Crippen LogP contribution is -2.30. The van der Waals surface area contributed by atoms with E-state index < -0.39 is 6.04 Å². The summed E-state index contributed by atoms with van der Waals surface area (Å²) in [5.74, 6) is 1.47. The maximum atomic E-state index is 13.4. The quantitative estimate of drug-likeness (QED) is 0.549. The molecule has 8 heteroatoms. The number of amides is 1. The van der Waals surface area contributed by atoms with Gasteiger partial charge in [-0.3, -0.25) is 9.89 Å². The van der Waals surface area contributed by atoms with Crippen molar-refractivity contribution in [1.29, 1.82) is 0 Å². The molecule has 1 amide bonds. The van der Waals surface area contributed by atoms with E-state index in [2.05, 4.69) is 17.1 Å². The highest BCUT2D eigenvalue weighted by Gasteiger charge is 2.42. The van der Waals surface area contributed by atoms with Crippen LogP contribution in [0.4, 0.5) is 0 Å². The van der Waals surface area contributed by atoms with Crippen molar-refractivity contribution < 1.29 is 24.1 Å². The fraction of sp³-hybridized carbons (Fsp3) is 0.333. The second-order valence-electron chi connectivity index (χ2n) is 7.59. The topological polar surface area (TPSA) is 96.9 Å². The smallest absolute Gasteiger partial charge is 0.273 e. The molecule has 4 rings (SSSR count). The molecule has 1 aliphatic heterocycles. The van der Waals surface area contributed by atoms with Crippen molar-refractivity contribution in [2.45, 2.75) is 25.8 Å². The van der Waals surface area contributed by atoms with Crippen molar-refractivity contribution in [3.63, 3.8) is 0 Å². The Bertz CT molecular complexity index is 1120. The van der Waals surface area contributed by atoms with Crippen molar-refractivity contribution >= 4 is 5.91 Å². The van der Waals surface area contributed by atoms with E-state index in [1.807, 2.05) is 23.1 Å². The number of phenolic OH excluding ortho intramolecular Hbond substituents is 1. The monoisotopic (exact) mass is 437 g/mol. The van der Waals surface area contributed by atoms with Gasteiger partial charge in [0.25, 0.3) is 5.91 Å². The predicted molar refractivity (Wildman–Crippen MR) is 120 cm³/mol. The molecule has 1 aliphatic rings. The number of aromatic amines is 1. The van der Waals surface area contributed by atoms with Crippen LogP contribution in [-0.2, 0) is 0 Å². The van der Waals surface area contributed by atoms with E-state index in [0.717, 1.165) is 24.0 Å². The molecule has 0 unspecified atom stereocenters. The van der Waals surface area contributed by atoms with Crippen LogP contribution in [0.2, 0.25) is 0 Å². The Labute approximate surface area is 186 Å². The van der Waals surface area contributed by atoms with Gasteiger partial charge in [-0.05, 0) is 36.2 Å². The van der Waals surface area contributed by atoms with E-state index in [1.54, 1.807) is 39.5 Å². The molecule has 0 radical (unpaired) electrons. The average molecular weight is 437 g/mol. The minimum Gasteiger partial charge on any atom is -0.507 e. The van der Waals surface area contributed by atoms with Gasteiger partial charge in [0.15, 0.2) is 11.5 Å². The number of H-pyrrole nitrogens is 1. The van der Waals surface area contributed by atoms with Gasteiger partial charge in [0.1, 0.15) is 17.1 Å². The van der Waals surface area contributed by atoms with Crippen LogP contribution in [0.15, 0.2) is 36.4 Å². The summed E-state index contributed by atoms with van der Waals surface area (Å²) in [6.07, 6.45) is 1.81. The van der Waals surface area contributed by atoms with Crippen LogP contribution in [0.5, 0.6) is 23.0 Å². The highest BCUT2D eigenvalue weighted by Crippen LogP contribution is 2.48. The molecule has 1 aromatic heterocycles. The Morgan fingerprint density at radius 1 is 1.09 bits per heavy atom. The number of para-hydroxylation sites is 1. The summed E-state index contributed by atoms with van der Waals surface area (Å²) >= 11 is 0. The molecule has 0 spiro atoms. The number of ether oxygens (including phenoxy) is 3. The number of benzene rings is 2. The minimum atomic E-state index is -0.425. The zero-order valence-electron chi connectivity index (χ0n) is 18.6. The number of fused-ring (bicyclic) bond motifs is 1. The first kappa shape index (κ1) is 21.5. The molecule has 2 aromatic carbocycles. The normalized spacial score (nSPS) is 15.1. The molecular weight excluding hydrogens is 410 g/mol. The lowest BCUT2D eigenvalue weighted by atomic mass is 9.95. The third kappa shape index (κ3) is 3.41. The van der Waals surface area contributed by atoms with Gasteiger partial charge in [-0.2, -0.15) is 5.10 Å². The maximum Gasteiger partial charge on any atom is 0.273 e. The molecular formula is C24H27N3O5. The highest BCUT2D eigenvalue weighted by molar-refractivity contribution is 6.00. The molecule has 0 saturated carbocycles. The zero-order valence-corrected chi connectivity index (χ0v) is 18.6. The Morgan fingerprint density at radius 3 is 2.38 bits per heavy atom. The largest absolute Gasteiger partial charge is 0.507 e. The lowest BCUT2D eigenvalue weighted by molar-refractivity contribution is 0.0741. The first-order valence-electron chi connectivity index (χ1n) is 10.5. The standard InChI is InChI=1S/C24H27N3O5/c1-5-6-11-27-22(14-12-17(30-2)23(32-4)18(13-14)31-3)19-20(25-26-21(19)24(27)29)15-9-7-8-10-16(15)28/h7-10,12-13,22,28H,5-6,11H2,1-4H3,(H,25,26)/t22-/m0/s1. The summed E-state index contributed by atoms with van der Waals surface area (Å²) in [5.41, 5.74) is 3.07. The molecule has 0 fully saturated rings. The molecule has 168 valence electrons. The third-order valence-corrected chi connectivity index (χ3v) is 5.78. The van der Waals surface area contributed by atoms with E-state index in [-0.39, 0.29) is 11.7 Å². The summed E-state index contributed by atoms with van der Waals surface area (Å²) in [6.45, 7) is 2.67. The van der Waals surface area contributed by atoms with Crippen molar-refractivity contribution in [2.24, 2.45) is 0 Å². The van der Waals surface area contributed by atoms with Crippen molar-refractivity contribution in [1.82, 2.24) is 15.1 Å². The van der Waals surface area contributed by atoms with Crippen LogP contribution >= 0.6 is 0 Å². The lowest BCUT2D eigenvalue weighted by Gasteiger charge is -2.27. The van der Waals surface area contributed by atoms with Gasteiger partial charge in [0.2, 0.25) is 5.75 Å². The first-order valence-corrected chi connectivity index (χ1v) is 10.5. The average Bonchev–Trinajstić information content (AvgIpc) is 3.35. The summed E-state index contributed by atoms with van der Waals surface area (Å²) in [6, 6.07) is 10.3. The van der Waals surface area contributed by atoms with Gasteiger partial charge in [-0.15, -0.1) is 0 Å². The summed E-state index contributed by atoms with van der Waals surface area (Å²) in [7, 11) is 4.68. The van der Waals surface area contributed by atoms with Crippen molar-refractivity contribution in [3.05, 3.63) is 53.2 Å². The molecule has 32 heavy (non-hydrogen) atoms. The van der Waals surface area contributed by atoms with Crippen LogP contribution in [0.25, 0.3) is 11.3 Å². The number of aromatic nitrogens is 2. The first-order chi connectivity index (χ1) is 15.5. The number of methoxy groups -OCH3 is 3. The van der Waals surface area contributed by atoms with Crippen LogP contribution in [-0.4, -0.2) is 54.0 Å². The van der Waals surface area contributed by atoms with Gasteiger partial charge < -0.3 is 24.2 Å². The van der Waals surface area contributed by atoms with Gasteiger partial charge in [0.05, 0.1) is 27.4 Å². The molecule has 0 saturated heterocycles. The minimum absolute atomic E-state index is 0.102. The number of unbranched alkanes of at least 4 members (excludes halogenated alkanes) is 1. The van der Waals surface area contributed by atoms with Gasteiger partial charge in [0, 0.05) is 17.7 Å². The van der Waals surface area contributed by atoms with Crippen LogP contribution < -0.4 is 14.2 Å². The van der Waals surface area contributed by atoms with Crippen LogP contribution in [0.3, 0.4) is 0 Å². The van der Waals surface area contributed by atoms with Gasteiger partial charge >= 0.3 is 0 Å². The fourth-order valence-corrected chi connectivity index (χ4v) is 4.24. The molecule has 0 aliphatic carbocycles. The number of carbonyl (C=O) groups is 1. The number of hydrogen-bond acceptors (Lipinski definition) is 6. The summed E-state index contributed by atoms with van der Waals surface area (Å²) in [5, 5.41) is 17.8. The SMILES string of the molecule is CCCCN1C(=O)c2[nH]nc(-c3ccccc3O)c2[C@@H]1c1cc(OC)c(OC)c(OC)c1. The molecule has 2 N–H and O–H groups in total. The van der Waals surface area contributed by atoms with E-state index in [4.69, 9.17) is 14.2 Å². The number of phenols is 1.